The average molecular weight is 488 g/mol. The molecular weight excluding hydrogens is 455 g/mol. The van der Waals surface area contributed by atoms with Crippen LogP contribution in [-0.4, -0.2) is 57.1 Å². The maximum Gasteiger partial charge on any atom is 0.191 e. The lowest BCUT2D eigenvalue weighted by Gasteiger charge is -2.38. The summed E-state index contributed by atoms with van der Waals surface area (Å²) >= 11 is 0. The molecule has 3 rings (SSSR count). The monoisotopic (exact) mass is 488 g/mol. The van der Waals surface area contributed by atoms with Gasteiger partial charge in [0, 0.05) is 25.3 Å². The second-order valence-electron chi connectivity index (χ2n) is 7.50. The third kappa shape index (κ3) is 5.71. The zero-order valence-electron chi connectivity index (χ0n) is 16.4. The predicted octanol–water partition coefficient (Wildman–Crippen LogP) is 2.53. The number of benzene rings is 1. The summed E-state index contributed by atoms with van der Waals surface area (Å²) in [7, 11) is 0. The van der Waals surface area contributed by atoms with Gasteiger partial charge in [0.2, 0.25) is 0 Å². The van der Waals surface area contributed by atoms with Crippen LogP contribution in [-0.2, 0) is 4.74 Å². The molecule has 3 N–H and O–H groups in total. The first-order chi connectivity index (χ1) is 12.7. The van der Waals surface area contributed by atoms with Crippen molar-refractivity contribution in [2.24, 2.45) is 10.4 Å². The molecule has 0 amide bonds. The molecule has 1 aromatic rings. The van der Waals surface area contributed by atoms with Crippen molar-refractivity contribution < 1.29 is 9.84 Å². The number of nitrogens with one attached hydrogen (secondary N) is 2. The van der Waals surface area contributed by atoms with Crippen LogP contribution in [0.25, 0.3) is 0 Å². The number of hydrogen-bond acceptors (Lipinski definition) is 4. The zero-order valence-corrected chi connectivity index (χ0v) is 18.7. The lowest BCUT2D eigenvalue weighted by Crippen LogP contribution is -2.49. The molecule has 0 bridgehead atoms. The summed E-state index contributed by atoms with van der Waals surface area (Å²) in [6.45, 7) is 9.17. The highest BCUT2D eigenvalue weighted by Gasteiger charge is 2.38. The van der Waals surface area contributed by atoms with Gasteiger partial charge in [0.15, 0.2) is 5.96 Å². The topological polar surface area (TPSA) is 69.1 Å². The highest BCUT2D eigenvalue weighted by Crippen LogP contribution is 2.27. The predicted molar refractivity (Wildman–Crippen MR) is 121 cm³/mol. The Morgan fingerprint density at radius 1 is 1.33 bits per heavy atom. The number of ether oxygens (including phenoxy) is 1. The van der Waals surface area contributed by atoms with Crippen LogP contribution < -0.4 is 15.5 Å². The van der Waals surface area contributed by atoms with Crippen molar-refractivity contribution in [2.45, 2.75) is 32.7 Å². The Kier molecular flexibility index (Phi) is 8.62. The molecule has 0 saturated carbocycles. The van der Waals surface area contributed by atoms with Crippen LogP contribution in [0.15, 0.2) is 29.3 Å². The minimum absolute atomic E-state index is 0. The van der Waals surface area contributed by atoms with Crippen LogP contribution in [0.1, 0.15) is 38.3 Å². The second kappa shape index (κ2) is 10.5. The van der Waals surface area contributed by atoms with E-state index in [1.807, 2.05) is 0 Å². The van der Waals surface area contributed by atoms with Crippen molar-refractivity contribution in [1.29, 1.82) is 0 Å². The summed E-state index contributed by atoms with van der Waals surface area (Å²) < 4.78 is 5.26. The number of nitrogens with zero attached hydrogens (tertiary/aromatic N) is 2. The quantitative estimate of drug-likeness (QED) is 0.313. The van der Waals surface area contributed by atoms with Crippen LogP contribution in [0, 0.1) is 5.41 Å². The van der Waals surface area contributed by atoms with E-state index in [1.54, 1.807) is 0 Å². The first kappa shape index (κ1) is 22.2. The Hall–Kier alpha value is -1.06. The largest absolute Gasteiger partial charge is 0.396 e. The van der Waals surface area contributed by atoms with Crippen LogP contribution in [0.5, 0.6) is 0 Å². The molecule has 6 nitrogen and oxygen atoms in total. The molecule has 0 aliphatic carbocycles. The second-order valence-corrected chi connectivity index (χ2v) is 7.50. The molecule has 2 aliphatic heterocycles. The lowest BCUT2D eigenvalue weighted by molar-refractivity contribution is -0.130. The van der Waals surface area contributed by atoms with Gasteiger partial charge in [0.05, 0.1) is 37.8 Å². The van der Waals surface area contributed by atoms with Crippen LogP contribution in [0.3, 0.4) is 0 Å². The zero-order chi connectivity index (χ0) is 18.4. The first-order valence-corrected chi connectivity index (χ1v) is 9.74. The molecular formula is C20H33IN4O2. The van der Waals surface area contributed by atoms with E-state index in [0.717, 1.165) is 25.6 Å². The molecule has 1 unspecified atom stereocenters. The molecule has 0 aromatic heterocycles. The summed E-state index contributed by atoms with van der Waals surface area (Å²) in [6.07, 6.45) is 2.57. The molecule has 1 atom stereocenters. The first-order valence-electron chi connectivity index (χ1n) is 9.74. The van der Waals surface area contributed by atoms with Crippen LogP contribution >= 0.6 is 24.0 Å². The summed E-state index contributed by atoms with van der Waals surface area (Å²) in [4.78, 5) is 7.14. The third-order valence-electron chi connectivity index (χ3n) is 5.26. The molecule has 2 heterocycles. The Morgan fingerprint density at radius 2 is 2.07 bits per heavy atom. The highest BCUT2D eigenvalue weighted by molar-refractivity contribution is 14.0. The van der Waals surface area contributed by atoms with Crippen molar-refractivity contribution in [2.75, 3.05) is 50.9 Å². The molecule has 27 heavy (non-hydrogen) atoms. The van der Waals surface area contributed by atoms with E-state index in [0.29, 0.717) is 19.8 Å². The third-order valence-corrected chi connectivity index (χ3v) is 5.26. The number of halogens is 1. The number of aliphatic hydroxyl groups excluding tert-OH is 1. The van der Waals surface area contributed by atoms with E-state index < -0.39 is 0 Å². The molecule has 2 saturated heterocycles. The van der Waals surface area contributed by atoms with Crippen molar-refractivity contribution >= 4 is 35.6 Å². The minimum Gasteiger partial charge on any atom is -0.396 e. The summed E-state index contributed by atoms with van der Waals surface area (Å²) in [5.74, 6) is 0.784. The van der Waals surface area contributed by atoms with Gasteiger partial charge in [-0.3, -0.25) is 4.99 Å². The molecule has 2 fully saturated rings. The van der Waals surface area contributed by atoms with Crippen molar-refractivity contribution in [3.63, 3.8) is 0 Å². The number of aliphatic imine (C=N–C) groups is 1. The van der Waals surface area contributed by atoms with Gasteiger partial charge in [-0.25, -0.2) is 0 Å². The van der Waals surface area contributed by atoms with E-state index >= 15 is 0 Å². The van der Waals surface area contributed by atoms with Gasteiger partial charge in [0.1, 0.15) is 0 Å². The maximum absolute atomic E-state index is 9.58. The Balaban J connectivity index is 0.00000261. The Bertz CT molecular complexity index is 610. The fourth-order valence-corrected chi connectivity index (χ4v) is 3.44. The number of anilines is 1. The molecule has 0 spiro atoms. The minimum atomic E-state index is -0.207. The summed E-state index contributed by atoms with van der Waals surface area (Å²) in [6, 6.07) is 8.93. The Labute approximate surface area is 179 Å². The maximum atomic E-state index is 9.58. The van der Waals surface area contributed by atoms with Gasteiger partial charge in [0.25, 0.3) is 0 Å². The van der Waals surface area contributed by atoms with Crippen molar-refractivity contribution in [1.82, 2.24) is 10.6 Å². The van der Waals surface area contributed by atoms with E-state index in [9.17, 15) is 5.11 Å². The fourth-order valence-electron chi connectivity index (χ4n) is 3.44. The highest BCUT2D eigenvalue weighted by atomic mass is 127. The van der Waals surface area contributed by atoms with E-state index in [1.165, 1.54) is 24.1 Å². The van der Waals surface area contributed by atoms with Crippen molar-refractivity contribution in [3.05, 3.63) is 29.8 Å². The number of rotatable bonds is 7. The summed E-state index contributed by atoms with van der Waals surface area (Å²) in [5, 5.41) is 16.4. The van der Waals surface area contributed by atoms with Gasteiger partial charge in [-0.2, -0.15) is 0 Å². The van der Waals surface area contributed by atoms with Gasteiger partial charge in [-0.05, 0) is 44.4 Å². The molecule has 2 aliphatic rings. The smallest absolute Gasteiger partial charge is 0.191 e. The lowest BCUT2D eigenvalue weighted by atomic mass is 9.87. The van der Waals surface area contributed by atoms with E-state index in [2.05, 4.69) is 58.6 Å². The molecule has 152 valence electrons. The van der Waals surface area contributed by atoms with Crippen LogP contribution in [0.2, 0.25) is 0 Å². The van der Waals surface area contributed by atoms with Crippen LogP contribution in [0.4, 0.5) is 5.69 Å². The SMILES string of the molecule is CCNC(=NCC1(CO)COC1)NC(C)c1cccc(N2CCCC2)c1.I. The van der Waals surface area contributed by atoms with E-state index in [4.69, 9.17) is 4.74 Å². The van der Waals surface area contributed by atoms with Gasteiger partial charge >= 0.3 is 0 Å². The molecule has 1 aromatic carbocycles. The number of guanidine groups is 1. The van der Waals surface area contributed by atoms with E-state index in [-0.39, 0.29) is 42.0 Å². The average Bonchev–Trinajstić information content (AvgIpc) is 3.16. The summed E-state index contributed by atoms with van der Waals surface area (Å²) in [5.41, 5.74) is 2.35. The normalized spacial score (nSPS) is 19.8. The van der Waals surface area contributed by atoms with Gasteiger partial charge in [-0.1, -0.05) is 12.1 Å². The number of hydrogen-bond donors (Lipinski definition) is 3. The standard InChI is InChI=1S/C20H32N4O2.HI/c1-3-21-19(22-12-20(13-25)14-26-15-20)23-16(2)17-7-6-8-18(11-17)24-9-4-5-10-24;/h6-8,11,16,25H,3-5,9-10,12-15H2,1-2H3,(H2,21,22,23);1H. The van der Waals surface area contributed by atoms with Gasteiger partial charge < -0.3 is 25.4 Å². The number of aliphatic hydroxyl groups is 1. The van der Waals surface area contributed by atoms with Gasteiger partial charge in [-0.15, -0.1) is 24.0 Å². The molecule has 0 radical (unpaired) electrons. The van der Waals surface area contributed by atoms with Crippen molar-refractivity contribution in [3.8, 4) is 0 Å². The fraction of sp³-hybridized carbons (Fsp3) is 0.650. The Morgan fingerprint density at radius 3 is 2.67 bits per heavy atom. The molecule has 7 heteroatoms.